The fourth-order valence-corrected chi connectivity index (χ4v) is 3.84. The Bertz CT molecular complexity index is 1300. The number of hydrogen-bond acceptors (Lipinski definition) is 7. The number of carbonyl (C=O) groups is 2. The summed E-state index contributed by atoms with van der Waals surface area (Å²) in [6, 6.07) is 23.6. The first-order valence-electron chi connectivity index (χ1n) is 12.3. The zero-order chi connectivity index (χ0) is 26.0. The maximum Gasteiger partial charge on any atom is 0.328 e. The molecule has 1 atom stereocenters. The molecule has 0 unspecified atom stereocenters. The van der Waals surface area contributed by atoms with E-state index < -0.39 is 12.0 Å². The van der Waals surface area contributed by atoms with Gasteiger partial charge >= 0.3 is 5.97 Å². The Morgan fingerprint density at radius 3 is 2.30 bits per heavy atom. The van der Waals surface area contributed by atoms with E-state index in [1.54, 1.807) is 31.2 Å². The van der Waals surface area contributed by atoms with E-state index in [2.05, 4.69) is 20.8 Å². The number of rotatable bonds is 11. The fourth-order valence-electron chi connectivity index (χ4n) is 3.84. The number of esters is 1. The molecule has 0 aliphatic rings. The van der Waals surface area contributed by atoms with E-state index >= 15 is 0 Å². The molecule has 0 aliphatic heterocycles. The van der Waals surface area contributed by atoms with E-state index in [1.165, 1.54) is 5.56 Å². The van der Waals surface area contributed by atoms with Crippen molar-refractivity contribution in [2.75, 3.05) is 20.2 Å². The van der Waals surface area contributed by atoms with Crippen LogP contribution in [-0.4, -0.2) is 48.3 Å². The zero-order valence-electron chi connectivity index (χ0n) is 20.9. The molecule has 8 nitrogen and oxygen atoms in total. The smallest absolute Gasteiger partial charge is 0.328 e. The van der Waals surface area contributed by atoms with Crippen molar-refractivity contribution in [1.82, 2.24) is 20.8 Å². The van der Waals surface area contributed by atoms with Crippen LogP contribution >= 0.6 is 0 Å². The van der Waals surface area contributed by atoms with Crippen molar-refractivity contribution in [3.8, 4) is 22.8 Å². The zero-order valence-corrected chi connectivity index (χ0v) is 20.9. The average molecular weight is 499 g/mol. The Labute approximate surface area is 216 Å². The van der Waals surface area contributed by atoms with E-state index in [4.69, 9.17) is 9.26 Å². The van der Waals surface area contributed by atoms with Gasteiger partial charge in [-0.3, -0.25) is 4.79 Å². The van der Waals surface area contributed by atoms with Crippen LogP contribution in [0.2, 0.25) is 0 Å². The van der Waals surface area contributed by atoms with Crippen LogP contribution in [0.25, 0.3) is 22.8 Å². The van der Waals surface area contributed by atoms with Crippen LogP contribution < -0.4 is 10.6 Å². The summed E-state index contributed by atoms with van der Waals surface area (Å²) >= 11 is 0. The number of benzene rings is 3. The molecule has 0 spiro atoms. The molecular formula is C29H30N4O4. The number of hydrogen-bond donors (Lipinski definition) is 2. The number of nitrogens with zero attached hydrogens (tertiary/aromatic N) is 2. The highest BCUT2D eigenvalue weighted by Crippen LogP contribution is 2.23. The van der Waals surface area contributed by atoms with Crippen molar-refractivity contribution in [2.45, 2.75) is 25.8 Å². The number of amides is 1. The summed E-state index contributed by atoms with van der Waals surface area (Å²) in [5.41, 5.74) is 4.11. The lowest BCUT2D eigenvalue weighted by atomic mass is 10.0. The Morgan fingerprint density at radius 2 is 1.62 bits per heavy atom. The topological polar surface area (TPSA) is 106 Å². The van der Waals surface area contributed by atoms with E-state index in [9.17, 15) is 9.59 Å². The fraction of sp³-hybridized carbons (Fsp3) is 0.241. The highest BCUT2D eigenvalue weighted by atomic mass is 16.5. The summed E-state index contributed by atoms with van der Waals surface area (Å²) < 4.78 is 10.6. The van der Waals surface area contributed by atoms with Gasteiger partial charge in [-0.15, -0.1) is 0 Å². The molecule has 2 N–H and O–H groups in total. The van der Waals surface area contributed by atoms with Crippen molar-refractivity contribution >= 4 is 11.9 Å². The Kier molecular flexibility index (Phi) is 8.78. The number of carbonyl (C=O) groups excluding carboxylic acids is 2. The minimum absolute atomic E-state index is 0.238. The van der Waals surface area contributed by atoms with Crippen molar-refractivity contribution in [3.05, 3.63) is 95.6 Å². The van der Waals surface area contributed by atoms with E-state index in [0.29, 0.717) is 29.3 Å². The summed E-state index contributed by atoms with van der Waals surface area (Å²) in [6.07, 6.45) is 1.28. The molecule has 1 heterocycles. The quantitative estimate of drug-likeness (QED) is 0.300. The van der Waals surface area contributed by atoms with Gasteiger partial charge in [-0.25, -0.2) is 4.79 Å². The first kappa shape index (κ1) is 25.8. The van der Waals surface area contributed by atoms with Crippen LogP contribution in [0.3, 0.4) is 0 Å². The van der Waals surface area contributed by atoms with Gasteiger partial charge in [0.05, 0.1) is 6.61 Å². The van der Waals surface area contributed by atoms with Crippen LogP contribution in [0.1, 0.15) is 28.4 Å². The largest absolute Gasteiger partial charge is 0.464 e. The molecule has 4 rings (SSSR count). The third kappa shape index (κ3) is 6.89. The van der Waals surface area contributed by atoms with Gasteiger partial charge < -0.3 is 19.9 Å². The maximum absolute atomic E-state index is 12.9. The Balaban J connectivity index is 1.43. The maximum atomic E-state index is 12.9. The predicted octanol–water partition coefficient (Wildman–Crippen LogP) is 4.07. The predicted molar refractivity (Wildman–Crippen MR) is 141 cm³/mol. The molecule has 4 aromatic rings. The lowest BCUT2D eigenvalue weighted by molar-refractivity contribution is -0.145. The minimum Gasteiger partial charge on any atom is -0.464 e. The van der Waals surface area contributed by atoms with Gasteiger partial charge in [0.1, 0.15) is 6.04 Å². The number of aromatic nitrogens is 2. The normalized spacial score (nSPS) is 11.6. The molecule has 0 saturated carbocycles. The van der Waals surface area contributed by atoms with Gasteiger partial charge in [-0.2, -0.15) is 4.98 Å². The van der Waals surface area contributed by atoms with Crippen molar-refractivity contribution in [1.29, 1.82) is 0 Å². The van der Waals surface area contributed by atoms with Crippen LogP contribution in [0, 0.1) is 0 Å². The molecule has 37 heavy (non-hydrogen) atoms. The van der Waals surface area contributed by atoms with E-state index in [1.807, 2.05) is 61.6 Å². The molecule has 0 fully saturated rings. The second kappa shape index (κ2) is 12.6. The molecule has 1 amide bonds. The lowest BCUT2D eigenvalue weighted by Crippen LogP contribution is -2.43. The second-order valence-corrected chi connectivity index (χ2v) is 8.52. The molecule has 0 radical (unpaired) electrons. The number of nitrogens with one attached hydrogen (secondary N) is 2. The van der Waals surface area contributed by atoms with Gasteiger partial charge in [0.2, 0.25) is 5.82 Å². The van der Waals surface area contributed by atoms with Gasteiger partial charge in [0.25, 0.3) is 11.8 Å². The first-order valence-corrected chi connectivity index (χ1v) is 12.3. The monoisotopic (exact) mass is 498 g/mol. The van der Waals surface area contributed by atoms with Crippen LogP contribution in [0.5, 0.6) is 0 Å². The Hall–Kier alpha value is -4.30. The molecular weight excluding hydrogens is 468 g/mol. The molecule has 190 valence electrons. The molecule has 0 bridgehead atoms. The van der Waals surface area contributed by atoms with Gasteiger partial charge in [0.15, 0.2) is 0 Å². The second-order valence-electron chi connectivity index (χ2n) is 8.52. The summed E-state index contributed by atoms with van der Waals surface area (Å²) in [4.78, 5) is 29.9. The third-order valence-corrected chi connectivity index (χ3v) is 5.85. The average Bonchev–Trinajstić information content (AvgIpc) is 3.43. The summed E-state index contributed by atoms with van der Waals surface area (Å²) in [5, 5.41) is 10.0. The standard InChI is InChI=1S/C29H30N4O4/c1-3-36-29(35)25(19-21-7-5-4-6-8-21)31-27(34)23-15-13-22(14-16-23)26-32-28(37-33-26)24-11-9-20(10-12-24)17-18-30-2/h4-16,25,30H,3,17-19H2,1-2H3,(H,31,34)/t25-/m0/s1. The Morgan fingerprint density at radius 1 is 0.919 bits per heavy atom. The summed E-state index contributed by atoms with van der Waals surface area (Å²) in [5.74, 6) is 0.0169. The van der Waals surface area contributed by atoms with Gasteiger partial charge in [-0.05, 0) is 62.3 Å². The van der Waals surface area contributed by atoms with E-state index in [-0.39, 0.29) is 12.5 Å². The van der Waals surface area contributed by atoms with Crippen molar-refractivity contribution in [3.63, 3.8) is 0 Å². The third-order valence-electron chi connectivity index (χ3n) is 5.85. The highest BCUT2D eigenvalue weighted by molar-refractivity contribution is 5.97. The van der Waals surface area contributed by atoms with Gasteiger partial charge in [-0.1, -0.05) is 59.8 Å². The molecule has 8 heteroatoms. The number of ether oxygens (including phenoxy) is 1. The van der Waals surface area contributed by atoms with Gasteiger partial charge in [0, 0.05) is 23.1 Å². The van der Waals surface area contributed by atoms with Crippen molar-refractivity contribution < 1.29 is 18.8 Å². The van der Waals surface area contributed by atoms with Crippen molar-refractivity contribution in [2.24, 2.45) is 0 Å². The van der Waals surface area contributed by atoms with E-state index in [0.717, 1.165) is 24.1 Å². The van der Waals surface area contributed by atoms with Crippen LogP contribution in [0.4, 0.5) is 0 Å². The lowest BCUT2D eigenvalue weighted by Gasteiger charge is -2.17. The highest BCUT2D eigenvalue weighted by Gasteiger charge is 2.23. The van der Waals surface area contributed by atoms with Crippen LogP contribution in [-0.2, 0) is 22.4 Å². The summed E-state index contributed by atoms with van der Waals surface area (Å²) in [7, 11) is 1.93. The first-order chi connectivity index (χ1) is 18.1. The minimum atomic E-state index is -0.793. The molecule has 0 aliphatic carbocycles. The molecule has 3 aromatic carbocycles. The molecule has 1 aromatic heterocycles. The number of likely N-dealkylation sites (N-methyl/N-ethyl adjacent to an activating group) is 1. The van der Waals surface area contributed by atoms with Crippen LogP contribution in [0.15, 0.2) is 83.4 Å². The molecule has 0 saturated heterocycles. The summed E-state index contributed by atoms with van der Waals surface area (Å²) in [6.45, 7) is 2.89. The SMILES string of the molecule is CCOC(=O)[C@H](Cc1ccccc1)NC(=O)c1ccc(-c2noc(-c3ccc(CCNC)cc3)n2)cc1.